The van der Waals surface area contributed by atoms with Crippen LogP contribution in [0.25, 0.3) is 0 Å². The monoisotopic (exact) mass is 1340 g/mol. The molecule has 0 aromatic heterocycles. The molecule has 91 heavy (non-hydrogen) atoms. The van der Waals surface area contributed by atoms with E-state index in [-0.39, 0.29) is 25.7 Å². The van der Waals surface area contributed by atoms with E-state index in [0.29, 0.717) is 37.5 Å². The molecule has 17 nitrogen and oxygen atoms in total. The van der Waals surface area contributed by atoms with Crippen LogP contribution in [0.5, 0.6) is 0 Å². The Morgan fingerprint density at radius 3 is 0.780 bits per heavy atom. The SMILES string of the molecule is CCC(C)CCCCCCCCCCCCCCCCCCCCC(=O)OC[C@H](COP(=O)(O)OC[C@@H](O)COP(=O)(O)OC[C@@H](COC(=O)CCCCCCCCC(C)C)OC(=O)CCCCCCCCC(C)CC)OC(=O)CCCCCCCCCC(C)C. The van der Waals surface area contributed by atoms with Gasteiger partial charge < -0.3 is 33.8 Å². The van der Waals surface area contributed by atoms with Crippen molar-refractivity contribution in [2.24, 2.45) is 23.7 Å². The summed E-state index contributed by atoms with van der Waals surface area (Å²) in [7, 11) is -9.90. The molecule has 0 heterocycles. The van der Waals surface area contributed by atoms with Gasteiger partial charge in [-0.3, -0.25) is 37.3 Å². The molecule has 0 amide bonds. The molecule has 0 fully saturated rings. The summed E-state index contributed by atoms with van der Waals surface area (Å²) in [5.74, 6) is 0.834. The van der Waals surface area contributed by atoms with Crippen LogP contribution in [0.4, 0.5) is 0 Å². The Balaban J connectivity index is 5.10. The molecule has 4 unspecified atom stereocenters. The van der Waals surface area contributed by atoms with Crippen molar-refractivity contribution >= 4 is 39.5 Å². The van der Waals surface area contributed by atoms with Crippen LogP contribution in [0.3, 0.4) is 0 Å². The molecule has 0 rings (SSSR count). The highest BCUT2D eigenvalue weighted by Gasteiger charge is 2.30. The first-order chi connectivity index (χ1) is 43.7. The summed E-state index contributed by atoms with van der Waals surface area (Å²) in [4.78, 5) is 72.4. The molecule has 19 heteroatoms. The van der Waals surface area contributed by atoms with Crippen molar-refractivity contribution in [1.29, 1.82) is 0 Å². The number of unbranched alkanes of at least 4 members (excludes halogenated alkanes) is 33. The number of hydrogen-bond donors (Lipinski definition) is 3. The van der Waals surface area contributed by atoms with Gasteiger partial charge in [0.05, 0.1) is 26.4 Å². The largest absolute Gasteiger partial charge is 0.472 e. The van der Waals surface area contributed by atoms with Crippen LogP contribution in [0.15, 0.2) is 0 Å². The molecule has 0 bridgehead atoms. The number of aliphatic hydroxyl groups is 1. The van der Waals surface area contributed by atoms with E-state index in [1.165, 1.54) is 154 Å². The van der Waals surface area contributed by atoms with Crippen molar-refractivity contribution in [1.82, 2.24) is 0 Å². The normalized spacial score (nSPS) is 14.8. The molecule has 0 spiro atoms. The van der Waals surface area contributed by atoms with Gasteiger partial charge in [0.1, 0.15) is 19.3 Å². The number of rotatable bonds is 69. The lowest BCUT2D eigenvalue weighted by molar-refractivity contribution is -0.161. The minimum absolute atomic E-state index is 0.101. The molecule has 0 aromatic rings. The van der Waals surface area contributed by atoms with Gasteiger partial charge in [-0.05, 0) is 49.4 Å². The summed E-state index contributed by atoms with van der Waals surface area (Å²) in [5.41, 5.74) is 0. The number of esters is 4. The van der Waals surface area contributed by atoms with Gasteiger partial charge in [-0.15, -0.1) is 0 Å². The first kappa shape index (κ1) is 89.1. The third-order valence-electron chi connectivity index (χ3n) is 17.3. The number of phosphoric ester groups is 2. The maximum Gasteiger partial charge on any atom is 0.472 e. The number of ether oxygens (including phenoxy) is 4. The smallest absolute Gasteiger partial charge is 0.462 e. The summed E-state index contributed by atoms with van der Waals surface area (Å²) in [6, 6.07) is 0. The lowest BCUT2D eigenvalue weighted by Crippen LogP contribution is -2.30. The molecule has 0 radical (unpaired) electrons. The lowest BCUT2D eigenvalue weighted by atomic mass is 9.99. The molecule has 0 aliphatic carbocycles. The predicted octanol–water partition coefficient (Wildman–Crippen LogP) is 20.5. The van der Waals surface area contributed by atoms with Crippen molar-refractivity contribution in [3.63, 3.8) is 0 Å². The highest BCUT2D eigenvalue weighted by atomic mass is 31.2. The van der Waals surface area contributed by atoms with E-state index in [0.717, 1.165) is 108 Å². The predicted molar refractivity (Wildman–Crippen MR) is 367 cm³/mol. The molecule has 540 valence electrons. The van der Waals surface area contributed by atoms with Crippen LogP contribution in [-0.4, -0.2) is 96.7 Å². The van der Waals surface area contributed by atoms with Gasteiger partial charge in [0.15, 0.2) is 12.2 Å². The van der Waals surface area contributed by atoms with E-state index in [9.17, 15) is 43.2 Å². The quantitative estimate of drug-likeness (QED) is 0.0222. The second kappa shape index (κ2) is 61.6. The van der Waals surface area contributed by atoms with Crippen molar-refractivity contribution in [3.05, 3.63) is 0 Å². The molecule has 3 N–H and O–H groups in total. The summed E-state index contributed by atoms with van der Waals surface area (Å²) >= 11 is 0. The Labute approximate surface area is 556 Å². The zero-order chi connectivity index (χ0) is 67.5. The third kappa shape index (κ3) is 63.9. The van der Waals surface area contributed by atoms with E-state index in [1.54, 1.807) is 0 Å². The van der Waals surface area contributed by atoms with E-state index >= 15 is 0 Å². The number of hydrogen-bond acceptors (Lipinski definition) is 15. The van der Waals surface area contributed by atoms with Gasteiger partial charge in [0, 0.05) is 25.7 Å². The van der Waals surface area contributed by atoms with Crippen molar-refractivity contribution in [2.45, 2.75) is 375 Å². The van der Waals surface area contributed by atoms with Gasteiger partial charge >= 0.3 is 39.5 Å². The molecule has 7 atom stereocenters. The number of aliphatic hydroxyl groups excluding tert-OH is 1. The Morgan fingerprint density at radius 1 is 0.308 bits per heavy atom. The first-order valence-corrected chi connectivity index (χ1v) is 40.3. The third-order valence-corrected chi connectivity index (χ3v) is 19.2. The van der Waals surface area contributed by atoms with Crippen LogP contribution < -0.4 is 0 Å². The van der Waals surface area contributed by atoms with Crippen molar-refractivity contribution < 1.29 is 80.2 Å². The van der Waals surface area contributed by atoms with Crippen LogP contribution in [-0.2, 0) is 65.4 Å². The summed E-state index contributed by atoms with van der Waals surface area (Å²) in [6.07, 6.45) is 45.0. The molecule has 0 aliphatic rings. The van der Waals surface area contributed by atoms with Crippen LogP contribution in [0, 0.1) is 23.7 Å². The van der Waals surface area contributed by atoms with Crippen LogP contribution >= 0.6 is 15.6 Å². The lowest BCUT2D eigenvalue weighted by Gasteiger charge is -2.21. The number of phosphoric acid groups is 2. The van der Waals surface area contributed by atoms with E-state index in [2.05, 4.69) is 55.4 Å². The summed E-state index contributed by atoms with van der Waals surface area (Å²) in [5, 5.41) is 10.6. The fourth-order valence-corrected chi connectivity index (χ4v) is 12.4. The molecule has 0 saturated heterocycles. The number of carbonyl (C=O) groups is 4. The molecular weight excluding hydrogens is 1200 g/mol. The first-order valence-electron chi connectivity index (χ1n) is 37.3. The maximum absolute atomic E-state index is 13.0. The average Bonchev–Trinajstić information content (AvgIpc) is 3.71. The second-order valence-corrected chi connectivity index (χ2v) is 30.3. The Morgan fingerprint density at radius 2 is 0.527 bits per heavy atom. The van der Waals surface area contributed by atoms with E-state index in [4.69, 9.17) is 37.0 Å². The fourth-order valence-electron chi connectivity index (χ4n) is 10.8. The van der Waals surface area contributed by atoms with Gasteiger partial charge in [-0.1, -0.05) is 306 Å². The highest BCUT2D eigenvalue weighted by Crippen LogP contribution is 2.45. The number of carbonyl (C=O) groups excluding carboxylic acids is 4. The molecule has 0 saturated carbocycles. The van der Waals surface area contributed by atoms with E-state index in [1.807, 2.05) is 0 Å². The fraction of sp³-hybridized carbons (Fsp3) is 0.944. The standard InChI is InChI=1S/C72H140O17P2/c1-9-64(7)50-42-34-25-21-19-17-15-13-11-12-14-16-18-20-22-26-36-44-52-69(74)82-58-67(88-71(76)54-46-38-27-23-24-32-40-48-62(3)4)60-86-90(78,79)84-56-66(73)57-85-91(80,81)87-61-68(59-83-70(75)53-45-37-30-28-33-41-49-63(5)6)89-72(77)55-47-39-31-29-35-43-51-65(8)10-2/h62-68,73H,9-61H2,1-8H3,(H,78,79)(H,80,81)/t64?,65?,66-,67-,68-/m1/s1. The maximum atomic E-state index is 13.0. The summed E-state index contributed by atoms with van der Waals surface area (Å²) in [6.45, 7) is 14.0. The zero-order valence-corrected chi connectivity index (χ0v) is 61.3. The molecule has 0 aliphatic heterocycles. The Bertz CT molecular complexity index is 1800. The zero-order valence-electron chi connectivity index (χ0n) is 59.5. The van der Waals surface area contributed by atoms with Gasteiger partial charge in [-0.25, -0.2) is 9.13 Å². The van der Waals surface area contributed by atoms with Gasteiger partial charge in [-0.2, -0.15) is 0 Å². The van der Waals surface area contributed by atoms with Gasteiger partial charge in [0.25, 0.3) is 0 Å². The minimum atomic E-state index is -4.95. The minimum Gasteiger partial charge on any atom is -0.462 e. The van der Waals surface area contributed by atoms with Crippen LogP contribution in [0.2, 0.25) is 0 Å². The Kier molecular flexibility index (Phi) is 60.3. The van der Waals surface area contributed by atoms with Gasteiger partial charge in [0.2, 0.25) is 0 Å². The summed E-state index contributed by atoms with van der Waals surface area (Å²) < 4.78 is 68.2. The Hall–Kier alpha value is -1.94. The molecular formula is C72H140O17P2. The average molecular weight is 1340 g/mol. The topological polar surface area (TPSA) is 237 Å². The highest BCUT2D eigenvalue weighted by molar-refractivity contribution is 7.47. The van der Waals surface area contributed by atoms with Crippen molar-refractivity contribution in [3.8, 4) is 0 Å². The van der Waals surface area contributed by atoms with E-state index < -0.39 is 97.5 Å². The van der Waals surface area contributed by atoms with Crippen molar-refractivity contribution in [2.75, 3.05) is 39.6 Å². The molecule has 0 aromatic carbocycles. The second-order valence-electron chi connectivity index (χ2n) is 27.4. The van der Waals surface area contributed by atoms with Crippen LogP contribution in [0.1, 0.15) is 357 Å².